The molecule has 9 heteroatoms. The van der Waals surface area contributed by atoms with Crippen molar-refractivity contribution in [3.8, 4) is 11.9 Å². The number of ether oxygens (including phenoxy) is 2. The van der Waals surface area contributed by atoms with Gasteiger partial charge in [-0.15, -0.1) is 0 Å². The number of nitrogens with one attached hydrogen (secondary N) is 1. The van der Waals surface area contributed by atoms with Crippen LogP contribution in [0.5, 0.6) is 5.88 Å². The standard InChI is InChI=1S/C25H38N6O3/c1-25(2,3)34-24(32)31-14-13-30(17-18(31)5-9-26)22-15-23(28-21-16-27-10-6-20(21)22)33-19-7-11-29(4)12-8-19/h15,18-19,27H,5-8,10-14,16-17H2,1-4H3/t18-/m0/s1. The number of likely N-dealkylation sites (tertiary alicyclic amines) is 1. The maximum atomic E-state index is 12.8. The van der Waals surface area contributed by atoms with E-state index in [0.29, 0.717) is 25.5 Å². The Morgan fingerprint density at radius 2 is 2.03 bits per heavy atom. The fraction of sp³-hybridized carbons (Fsp3) is 0.720. The Bertz CT molecular complexity index is 916. The van der Waals surface area contributed by atoms with Crippen molar-refractivity contribution >= 4 is 11.8 Å². The van der Waals surface area contributed by atoms with Crippen LogP contribution in [-0.2, 0) is 17.7 Å². The molecule has 3 aliphatic heterocycles. The summed E-state index contributed by atoms with van der Waals surface area (Å²) in [5, 5.41) is 12.9. The fourth-order valence-electron chi connectivity index (χ4n) is 4.95. The fourth-order valence-corrected chi connectivity index (χ4v) is 4.95. The lowest BCUT2D eigenvalue weighted by molar-refractivity contribution is 0.0145. The highest BCUT2D eigenvalue weighted by Gasteiger charge is 2.35. The third kappa shape index (κ3) is 5.91. The van der Waals surface area contributed by atoms with Crippen LogP contribution in [0.2, 0.25) is 0 Å². The molecule has 0 unspecified atom stereocenters. The molecule has 1 amide bonds. The van der Waals surface area contributed by atoms with Crippen LogP contribution in [-0.4, -0.2) is 84.9 Å². The van der Waals surface area contributed by atoms with Crippen LogP contribution in [0.15, 0.2) is 6.07 Å². The van der Waals surface area contributed by atoms with Gasteiger partial charge in [0.2, 0.25) is 5.88 Å². The number of hydrogen-bond donors (Lipinski definition) is 1. The second-order valence-electron chi connectivity index (χ2n) is 10.6. The number of carbonyl (C=O) groups is 1. The van der Waals surface area contributed by atoms with E-state index in [1.54, 1.807) is 4.90 Å². The van der Waals surface area contributed by atoms with Crippen LogP contribution in [0.25, 0.3) is 0 Å². The Labute approximate surface area is 203 Å². The molecule has 0 radical (unpaired) electrons. The zero-order valence-corrected chi connectivity index (χ0v) is 21.0. The number of hydrogen-bond acceptors (Lipinski definition) is 8. The summed E-state index contributed by atoms with van der Waals surface area (Å²) in [7, 11) is 2.14. The first kappa shape index (κ1) is 24.6. The Morgan fingerprint density at radius 1 is 1.26 bits per heavy atom. The van der Waals surface area contributed by atoms with Gasteiger partial charge >= 0.3 is 6.09 Å². The van der Waals surface area contributed by atoms with E-state index in [0.717, 1.165) is 56.8 Å². The van der Waals surface area contributed by atoms with Crippen LogP contribution in [0.3, 0.4) is 0 Å². The third-order valence-corrected chi connectivity index (χ3v) is 6.74. The summed E-state index contributed by atoms with van der Waals surface area (Å²) in [5.74, 6) is 0.679. The lowest BCUT2D eigenvalue weighted by Gasteiger charge is -2.43. The summed E-state index contributed by atoms with van der Waals surface area (Å²) in [5.41, 5.74) is 2.85. The monoisotopic (exact) mass is 470 g/mol. The number of fused-ring (bicyclic) bond motifs is 1. The maximum absolute atomic E-state index is 12.8. The van der Waals surface area contributed by atoms with Gasteiger partial charge in [0.1, 0.15) is 11.7 Å². The first-order chi connectivity index (χ1) is 16.2. The molecule has 2 fully saturated rings. The highest BCUT2D eigenvalue weighted by Crippen LogP contribution is 2.33. The van der Waals surface area contributed by atoms with Crippen LogP contribution >= 0.6 is 0 Å². The number of amides is 1. The zero-order chi connectivity index (χ0) is 24.3. The van der Waals surface area contributed by atoms with E-state index in [1.807, 2.05) is 20.8 Å². The second-order valence-corrected chi connectivity index (χ2v) is 10.6. The van der Waals surface area contributed by atoms with Gasteiger partial charge in [-0.25, -0.2) is 9.78 Å². The van der Waals surface area contributed by atoms with E-state index in [-0.39, 0.29) is 24.7 Å². The number of nitriles is 1. The van der Waals surface area contributed by atoms with Crippen LogP contribution in [0, 0.1) is 11.3 Å². The summed E-state index contributed by atoms with van der Waals surface area (Å²) in [6.07, 6.45) is 3.01. The van der Waals surface area contributed by atoms with Crippen LogP contribution in [0.4, 0.5) is 10.5 Å². The Hall–Kier alpha value is -2.57. The second kappa shape index (κ2) is 10.4. The smallest absolute Gasteiger partial charge is 0.410 e. The molecular formula is C25H38N6O3. The molecule has 4 rings (SSSR count). The van der Waals surface area contributed by atoms with Crippen molar-refractivity contribution in [2.75, 3.05) is 51.2 Å². The summed E-state index contributed by atoms with van der Waals surface area (Å²) >= 11 is 0. The van der Waals surface area contributed by atoms with E-state index in [9.17, 15) is 10.1 Å². The van der Waals surface area contributed by atoms with Crippen molar-refractivity contribution in [1.29, 1.82) is 5.26 Å². The van der Waals surface area contributed by atoms with E-state index >= 15 is 0 Å². The predicted molar refractivity (Wildman–Crippen MR) is 130 cm³/mol. The number of piperidine rings is 1. The lowest BCUT2D eigenvalue weighted by Crippen LogP contribution is -2.56. The summed E-state index contributed by atoms with van der Waals surface area (Å²) in [4.78, 5) is 24.0. The molecule has 0 saturated carbocycles. The molecule has 34 heavy (non-hydrogen) atoms. The average Bonchev–Trinajstić information content (AvgIpc) is 2.79. The first-order valence-corrected chi connectivity index (χ1v) is 12.4. The maximum Gasteiger partial charge on any atom is 0.410 e. The molecule has 1 aromatic heterocycles. The Morgan fingerprint density at radius 3 is 2.74 bits per heavy atom. The number of nitrogens with zero attached hydrogens (tertiary/aromatic N) is 5. The Balaban J connectivity index is 1.55. The largest absolute Gasteiger partial charge is 0.474 e. The molecule has 186 valence electrons. The minimum Gasteiger partial charge on any atom is -0.474 e. The number of piperazine rings is 1. The van der Waals surface area contributed by atoms with Crippen LogP contribution < -0.4 is 15.0 Å². The molecule has 9 nitrogen and oxygen atoms in total. The van der Waals surface area contributed by atoms with Crippen LogP contribution in [0.1, 0.15) is 51.3 Å². The van der Waals surface area contributed by atoms with E-state index < -0.39 is 5.60 Å². The first-order valence-electron chi connectivity index (χ1n) is 12.4. The molecule has 1 atom stereocenters. The zero-order valence-electron chi connectivity index (χ0n) is 21.0. The highest BCUT2D eigenvalue weighted by atomic mass is 16.6. The molecule has 0 aromatic carbocycles. The van der Waals surface area contributed by atoms with Gasteiger partial charge in [0, 0.05) is 51.0 Å². The van der Waals surface area contributed by atoms with E-state index in [1.165, 1.54) is 5.56 Å². The van der Waals surface area contributed by atoms with E-state index in [4.69, 9.17) is 14.5 Å². The van der Waals surface area contributed by atoms with Gasteiger partial charge in [-0.3, -0.25) is 0 Å². The molecule has 0 bridgehead atoms. The quantitative estimate of drug-likeness (QED) is 0.718. The SMILES string of the molecule is CN1CCC(Oc2cc(N3CCN(C(=O)OC(C)(C)C)[C@@H](CC#N)C3)c3c(n2)CNCC3)CC1. The highest BCUT2D eigenvalue weighted by molar-refractivity contribution is 5.69. The molecule has 1 aromatic rings. The topological polar surface area (TPSA) is 94.0 Å². The molecule has 2 saturated heterocycles. The average molecular weight is 471 g/mol. The summed E-state index contributed by atoms with van der Waals surface area (Å²) < 4.78 is 12.0. The van der Waals surface area contributed by atoms with E-state index in [2.05, 4.69) is 34.3 Å². The summed E-state index contributed by atoms with van der Waals surface area (Å²) in [6.45, 7) is 11.1. The van der Waals surface area contributed by atoms with Crippen molar-refractivity contribution in [3.63, 3.8) is 0 Å². The number of aromatic nitrogens is 1. The van der Waals surface area contributed by atoms with Crippen molar-refractivity contribution < 1.29 is 14.3 Å². The third-order valence-electron chi connectivity index (χ3n) is 6.74. The number of rotatable bonds is 4. The normalized spacial score (nSPS) is 22.1. The van der Waals surface area contributed by atoms with Gasteiger partial charge in [-0.05, 0) is 59.2 Å². The van der Waals surface area contributed by atoms with Gasteiger partial charge in [0.25, 0.3) is 0 Å². The van der Waals surface area contributed by atoms with Crippen molar-refractivity contribution in [2.24, 2.45) is 0 Å². The van der Waals surface area contributed by atoms with Gasteiger partial charge < -0.3 is 29.5 Å². The predicted octanol–water partition coefficient (Wildman–Crippen LogP) is 2.54. The lowest BCUT2D eigenvalue weighted by atomic mass is 10.0. The van der Waals surface area contributed by atoms with Gasteiger partial charge in [-0.1, -0.05) is 0 Å². The van der Waals surface area contributed by atoms with Gasteiger partial charge in [0.05, 0.1) is 24.2 Å². The minimum atomic E-state index is -0.567. The van der Waals surface area contributed by atoms with Crippen molar-refractivity contribution in [2.45, 2.75) is 70.7 Å². The van der Waals surface area contributed by atoms with Crippen molar-refractivity contribution in [1.82, 2.24) is 20.1 Å². The Kier molecular flexibility index (Phi) is 7.48. The number of carbonyl (C=O) groups excluding carboxylic acids is 1. The van der Waals surface area contributed by atoms with Gasteiger partial charge in [-0.2, -0.15) is 5.26 Å². The molecular weight excluding hydrogens is 432 g/mol. The molecule has 0 spiro atoms. The molecule has 0 aliphatic carbocycles. The molecule has 1 N–H and O–H groups in total. The molecule has 4 heterocycles. The number of anilines is 1. The minimum absolute atomic E-state index is 0.182. The number of pyridine rings is 1. The van der Waals surface area contributed by atoms with Gasteiger partial charge in [0.15, 0.2) is 0 Å². The molecule has 3 aliphatic rings. The summed E-state index contributed by atoms with van der Waals surface area (Å²) in [6, 6.07) is 4.12. The van der Waals surface area contributed by atoms with Crippen molar-refractivity contribution in [3.05, 3.63) is 17.3 Å².